The Morgan fingerprint density at radius 3 is 2.57 bits per heavy atom. The first-order valence-electron chi connectivity index (χ1n) is 10.9. The van der Waals surface area contributed by atoms with E-state index in [1.807, 2.05) is 16.7 Å². The summed E-state index contributed by atoms with van der Waals surface area (Å²) < 4.78 is 46.1. The minimum atomic E-state index is -4.44. The maximum absolute atomic E-state index is 13.0. The molecule has 0 bridgehead atoms. The van der Waals surface area contributed by atoms with Crippen LogP contribution in [0.5, 0.6) is 5.75 Å². The van der Waals surface area contributed by atoms with Gasteiger partial charge in [-0.15, -0.1) is 0 Å². The van der Waals surface area contributed by atoms with Gasteiger partial charge < -0.3 is 9.30 Å². The van der Waals surface area contributed by atoms with Crippen molar-refractivity contribution in [2.24, 2.45) is 0 Å². The van der Waals surface area contributed by atoms with E-state index in [2.05, 4.69) is 15.0 Å². The number of H-pyrrole nitrogens is 1. The third kappa shape index (κ3) is 4.90. The number of ether oxygens (including phenoxy) is 1. The fraction of sp³-hybridized carbons (Fsp3) is 0.292. The van der Waals surface area contributed by atoms with Crippen LogP contribution in [0.1, 0.15) is 30.0 Å². The molecule has 2 aromatic carbocycles. The van der Waals surface area contributed by atoms with E-state index in [-0.39, 0.29) is 22.9 Å². The Bertz CT molecular complexity index is 1450. The highest BCUT2D eigenvalue weighted by Crippen LogP contribution is 2.41. The van der Waals surface area contributed by atoms with Crippen molar-refractivity contribution >= 4 is 34.5 Å². The van der Waals surface area contributed by atoms with E-state index >= 15 is 0 Å². The van der Waals surface area contributed by atoms with Gasteiger partial charge in [0.15, 0.2) is 16.3 Å². The molecule has 0 amide bonds. The average molecular weight is 521 g/mol. The summed E-state index contributed by atoms with van der Waals surface area (Å²) in [7, 11) is 1.34. The lowest BCUT2D eigenvalue weighted by atomic mass is 10.1. The molecule has 11 heteroatoms. The van der Waals surface area contributed by atoms with Crippen molar-refractivity contribution < 1.29 is 17.9 Å². The maximum atomic E-state index is 13.0. The molecule has 0 unspecified atom stereocenters. The quantitative estimate of drug-likeness (QED) is 0.234. The molecule has 6 nitrogen and oxygen atoms in total. The number of imidazole rings is 1. The number of aromatic amines is 1. The van der Waals surface area contributed by atoms with Gasteiger partial charge in [-0.1, -0.05) is 29.4 Å². The summed E-state index contributed by atoms with van der Waals surface area (Å²) in [5.74, 6) is 1.34. The Balaban J connectivity index is 1.41. The zero-order valence-corrected chi connectivity index (χ0v) is 20.1. The Labute approximate surface area is 207 Å². The molecule has 1 N–H and O–H groups in total. The highest BCUT2D eigenvalue weighted by atomic mass is 35.5. The third-order valence-electron chi connectivity index (χ3n) is 5.77. The van der Waals surface area contributed by atoms with Crippen molar-refractivity contribution in [3.8, 4) is 17.1 Å². The fourth-order valence-electron chi connectivity index (χ4n) is 3.90. The monoisotopic (exact) mass is 520 g/mol. The maximum Gasteiger partial charge on any atom is 0.416 e. The summed E-state index contributed by atoms with van der Waals surface area (Å²) in [5.41, 5.74) is 1.20. The van der Waals surface area contributed by atoms with Crippen LogP contribution in [0, 0.1) is 0 Å². The van der Waals surface area contributed by atoms with Crippen LogP contribution in [0.3, 0.4) is 0 Å². The first-order chi connectivity index (χ1) is 16.7. The number of nitrogens with zero attached hydrogens (tertiary/aromatic N) is 3. The molecular weight excluding hydrogens is 501 g/mol. The van der Waals surface area contributed by atoms with Gasteiger partial charge >= 0.3 is 6.18 Å². The van der Waals surface area contributed by atoms with Crippen LogP contribution in [0.25, 0.3) is 22.6 Å². The van der Waals surface area contributed by atoms with Crippen molar-refractivity contribution in [1.82, 2.24) is 19.5 Å². The van der Waals surface area contributed by atoms with Crippen molar-refractivity contribution in [1.29, 1.82) is 0 Å². The Morgan fingerprint density at radius 1 is 1.17 bits per heavy atom. The molecule has 4 aromatic rings. The van der Waals surface area contributed by atoms with E-state index in [1.165, 1.54) is 24.9 Å². The molecule has 0 aliphatic heterocycles. The minimum Gasteiger partial charge on any atom is -0.496 e. The number of rotatable bonds is 7. The second-order valence-electron chi connectivity index (χ2n) is 8.21. The molecule has 0 atom stereocenters. The molecule has 1 fully saturated rings. The second-order valence-corrected chi connectivity index (χ2v) is 9.73. The molecule has 1 aliphatic carbocycles. The van der Waals surface area contributed by atoms with Crippen molar-refractivity contribution in [2.45, 2.75) is 36.6 Å². The van der Waals surface area contributed by atoms with E-state index in [0.717, 1.165) is 30.5 Å². The highest BCUT2D eigenvalue weighted by molar-refractivity contribution is 7.99. The summed E-state index contributed by atoms with van der Waals surface area (Å²) in [6.45, 7) is 0. The molecule has 182 valence electrons. The number of nitrogens with one attached hydrogen (secondary N) is 1. The van der Waals surface area contributed by atoms with Gasteiger partial charge in [0.1, 0.15) is 11.6 Å². The molecule has 0 saturated heterocycles. The Hall–Kier alpha value is -2.98. The van der Waals surface area contributed by atoms with Gasteiger partial charge in [0.2, 0.25) is 0 Å². The Morgan fingerprint density at radius 2 is 1.91 bits per heavy atom. The van der Waals surface area contributed by atoms with E-state index in [9.17, 15) is 18.0 Å². The van der Waals surface area contributed by atoms with Crippen LogP contribution in [0.2, 0.25) is 5.02 Å². The van der Waals surface area contributed by atoms with Crippen LogP contribution >= 0.6 is 23.4 Å². The molecule has 0 radical (unpaired) electrons. The number of fused-ring (bicyclic) bond motifs is 1. The molecule has 1 saturated carbocycles. The summed E-state index contributed by atoms with van der Waals surface area (Å²) >= 11 is 7.34. The van der Waals surface area contributed by atoms with Crippen molar-refractivity contribution in [3.05, 3.63) is 69.0 Å². The molecular formula is C24H20ClF3N4O2S. The van der Waals surface area contributed by atoms with E-state index in [0.29, 0.717) is 39.4 Å². The average Bonchev–Trinajstić information content (AvgIpc) is 3.59. The lowest BCUT2D eigenvalue weighted by molar-refractivity contribution is -0.137. The number of aromatic nitrogens is 4. The third-order valence-corrected chi connectivity index (χ3v) is 6.89. The van der Waals surface area contributed by atoms with Gasteiger partial charge in [0.05, 0.1) is 12.7 Å². The molecule has 2 aromatic heterocycles. The van der Waals surface area contributed by atoms with Crippen LogP contribution in [0.4, 0.5) is 13.2 Å². The summed E-state index contributed by atoms with van der Waals surface area (Å²) in [6.07, 6.45) is -2.03. The first-order valence-corrected chi connectivity index (χ1v) is 12.3. The van der Waals surface area contributed by atoms with Gasteiger partial charge in [-0.05, 0) is 61.2 Å². The standard InChI is InChI=1S/C24H20ClF3N4O2S/c1-34-18-12-15(24(26,27)28)5-2-13(18)10-11-35-23-30-21-19(22(33)31-23)29-20(32(21)17-8-9-17)14-3-6-16(25)7-4-14/h2-7,12,17H,8-11H2,1H3,(H,30,31,33). The molecule has 5 rings (SSSR count). The van der Waals surface area contributed by atoms with E-state index in [1.54, 1.807) is 12.1 Å². The van der Waals surface area contributed by atoms with Gasteiger partial charge in [-0.3, -0.25) is 9.78 Å². The summed E-state index contributed by atoms with van der Waals surface area (Å²) in [4.78, 5) is 24.9. The number of methoxy groups -OCH3 is 1. The number of benzene rings is 2. The zero-order chi connectivity index (χ0) is 24.7. The van der Waals surface area contributed by atoms with Gasteiger partial charge in [-0.2, -0.15) is 13.2 Å². The van der Waals surface area contributed by atoms with Crippen molar-refractivity contribution in [3.63, 3.8) is 0 Å². The van der Waals surface area contributed by atoms with Gasteiger partial charge in [-0.25, -0.2) is 9.97 Å². The lowest BCUT2D eigenvalue weighted by Gasteiger charge is -2.12. The predicted molar refractivity (Wildman–Crippen MR) is 129 cm³/mol. The second kappa shape index (κ2) is 9.23. The largest absolute Gasteiger partial charge is 0.496 e. The Kier molecular flexibility index (Phi) is 6.27. The first kappa shape index (κ1) is 23.7. The zero-order valence-electron chi connectivity index (χ0n) is 18.5. The van der Waals surface area contributed by atoms with Gasteiger partial charge in [0.25, 0.3) is 5.56 Å². The summed E-state index contributed by atoms with van der Waals surface area (Å²) in [5, 5.41) is 1.04. The number of thioether (sulfide) groups is 1. The smallest absolute Gasteiger partial charge is 0.416 e. The summed E-state index contributed by atoms with van der Waals surface area (Å²) in [6, 6.07) is 11.0. The van der Waals surface area contributed by atoms with Crippen LogP contribution in [-0.2, 0) is 12.6 Å². The molecule has 35 heavy (non-hydrogen) atoms. The topological polar surface area (TPSA) is 72.8 Å². The molecule has 1 aliphatic rings. The number of alkyl halides is 3. The van der Waals surface area contributed by atoms with E-state index in [4.69, 9.17) is 16.3 Å². The molecule has 0 spiro atoms. The number of aryl methyl sites for hydroxylation is 1. The fourth-order valence-corrected chi connectivity index (χ4v) is 4.86. The normalized spacial score (nSPS) is 14.0. The molecule has 2 heterocycles. The van der Waals surface area contributed by atoms with Crippen molar-refractivity contribution in [2.75, 3.05) is 12.9 Å². The number of hydrogen-bond acceptors (Lipinski definition) is 5. The van der Waals surface area contributed by atoms with Crippen LogP contribution < -0.4 is 10.3 Å². The minimum absolute atomic E-state index is 0.178. The van der Waals surface area contributed by atoms with Crippen LogP contribution in [0.15, 0.2) is 52.4 Å². The predicted octanol–water partition coefficient (Wildman–Crippen LogP) is 6.14. The lowest BCUT2D eigenvalue weighted by Crippen LogP contribution is -2.11. The van der Waals surface area contributed by atoms with Gasteiger partial charge in [0, 0.05) is 22.4 Å². The van der Waals surface area contributed by atoms with Crippen LogP contribution in [-0.4, -0.2) is 32.4 Å². The van der Waals surface area contributed by atoms with E-state index < -0.39 is 11.7 Å². The SMILES string of the molecule is COc1cc(C(F)(F)F)ccc1CCSc1nc2c(nc(-c3ccc(Cl)cc3)n2C2CC2)c(=O)[nH]1. The number of halogens is 4. The highest BCUT2D eigenvalue weighted by Gasteiger charge is 2.32. The number of hydrogen-bond donors (Lipinski definition) is 1.